The number of anilines is 1. The molecule has 0 aliphatic carbocycles. The summed E-state index contributed by atoms with van der Waals surface area (Å²) in [5.74, 6) is 0. The zero-order valence-electron chi connectivity index (χ0n) is 11.9. The Morgan fingerprint density at radius 3 is 2.44 bits per heavy atom. The van der Waals surface area contributed by atoms with Gasteiger partial charge in [-0.15, -0.1) is 0 Å². The second kappa shape index (κ2) is 7.17. The highest BCUT2D eigenvalue weighted by molar-refractivity contribution is 5.85. The number of aryl methyl sites for hydroxylation is 1. The van der Waals surface area contributed by atoms with Crippen LogP contribution in [0.25, 0.3) is 0 Å². The summed E-state index contributed by atoms with van der Waals surface area (Å²) in [7, 11) is 4.14. The van der Waals surface area contributed by atoms with Crippen molar-refractivity contribution in [1.82, 2.24) is 4.90 Å². The lowest BCUT2D eigenvalue weighted by molar-refractivity contribution is 0.112. The van der Waals surface area contributed by atoms with Crippen LogP contribution in [0.2, 0.25) is 0 Å². The average molecular weight is 248 g/mol. The van der Waals surface area contributed by atoms with Crippen molar-refractivity contribution in [3.63, 3.8) is 0 Å². The summed E-state index contributed by atoms with van der Waals surface area (Å²) in [6.45, 7) is 7.10. The van der Waals surface area contributed by atoms with Crippen molar-refractivity contribution in [3.8, 4) is 0 Å². The summed E-state index contributed by atoms with van der Waals surface area (Å²) in [6.07, 6.45) is 2.04. The number of aldehydes is 1. The molecule has 0 aliphatic rings. The molecule has 18 heavy (non-hydrogen) atoms. The molecule has 100 valence electrons. The molecule has 0 radical (unpaired) electrons. The van der Waals surface area contributed by atoms with Crippen molar-refractivity contribution in [1.29, 1.82) is 0 Å². The molecule has 0 saturated heterocycles. The van der Waals surface area contributed by atoms with E-state index >= 15 is 0 Å². The molecule has 0 heterocycles. The predicted molar refractivity (Wildman–Crippen MR) is 77.6 cm³/mol. The molecule has 0 aliphatic heterocycles. The number of hydrogen-bond acceptors (Lipinski definition) is 3. The third-order valence-corrected chi connectivity index (χ3v) is 2.96. The number of likely N-dealkylation sites (N-methyl/N-ethyl adjacent to an activating group) is 1. The lowest BCUT2D eigenvalue weighted by atomic mass is 10.1. The predicted octanol–water partition coefficient (Wildman–Crippen LogP) is 2.59. The molecule has 1 aromatic carbocycles. The Balaban J connectivity index is 2.93. The summed E-state index contributed by atoms with van der Waals surface area (Å²) >= 11 is 0. The van der Waals surface area contributed by atoms with Gasteiger partial charge in [-0.3, -0.25) is 4.79 Å². The van der Waals surface area contributed by atoms with Crippen LogP contribution in [0, 0.1) is 6.92 Å². The highest BCUT2D eigenvalue weighted by Crippen LogP contribution is 2.20. The first-order valence-corrected chi connectivity index (χ1v) is 6.54. The van der Waals surface area contributed by atoms with Crippen molar-refractivity contribution < 1.29 is 4.79 Å². The first-order valence-electron chi connectivity index (χ1n) is 6.54. The summed E-state index contributed by atoms with van der Waals surface area (Å²) in [5.41, 5.74) is 2.98. The van der Waals surface area contributed by atoms with E-state index in [0.29, 0.717) is 0 Å². The summed E-state index contributed by atoms with van der Waals surface area (Å²) in [5, 5.41) is 0. The minimum Gasteiger partial charge on any atom is -0.370 e. The van der Waals surface area contributed by atoms with Gasteiger partial charge >= 0.3 is 0 Å². The monoisotopic (exact) mass is 248 g/mol. The van der Waals surface area contributed by atoms with Gasteiger partial charge in [-0.25, -0.2) is 0 Å². The maximum Gasteiger partial charge on any atom is 0.152 e. The Morgan fingerprint density at radius 2 is 1.89 bits per heavy atom. The van der Waals surface area contributed by atoms with Crippen LogP contribution in [0.1, 0.15) is 29.3 Å². The molecule has 3 nitrogen and oxygen atoms in total. The van der Waals surface area contributed by atoms with Crippen LogP contribution in [0.15, 0.2) is 18.2 Å². The Labute approximate surface area is 110 Å². The van der Waals surface area contributed by atoms with Crippen LogP contribution < -0.4 is 4.90 Å². The fraction of sp³-hybridized carbons (Fsp3) is 0.533. The van der Waals surface area contributed by atoms with Crippen LogP contribution in [0.5, 0.6) is 0 Å². The zero-order valence-corrected chi connectivity index (χ0v) is 11.9. The average Bonchev–Trinajstić information content (AvgIpc) is 2.34. The van der Waals surface area contributed by atoms with Crippen LogP contribution in [-0.4, -0.2) is 44.9 Å². The van der Waals surface area contributed by atoms with Crippen LogP contribution in [-0.2, 0) is 0 Å². The summed E-state index contributed by atoms with van der Waals surface area (Å²) in [6, 6.07) is 6.09. The smallest absolute Gasteiger partial charge is 0.152 e. The quantitative estimate of drug-likeness (QED) is 0.693. The lowest BCUT2D eigenvalue weighted by Gasteiger charge is -2.27. The largest absolute Gasteiger partial charge is 0.370 e. The zero-order chi connectivity index (χ0) is 13.5. The van der Waals surface area contributed by atoms with E-state index in [0.717, 1.165) is 49.2 Å². The molecule has 0 fully saturated rings. The van der Waals surface area contributed by atoms with Gasteiger partial charge in [0, 0.05) is 30.9 Å². The van der Waals surface area contributed by atoms with E-state index < -0.39 is 0 Å². The Morgan fingerprint density at radius 1 is 1.17 bits per heavy atom. The van der Waals surface area contributed by atoms with E-state index in [1.807, 2.05) is 13.0 Å². The second-order valence-corrected chi connectivity index (χ2v) is 4.97. The minimum atomic E-state index is 0.794. The van der Waals surface area contributed by atoms with Crippen molar-refractivity contribution in [2.75, 3.05) is 38.6 Å². The number of carbonyl (C=O) groups is 1. The van der Waals surface area contributed by atoms with Crippen molar-refractivity contribution in [2.24, 2.45) is 0 Å². The van der Waals surface area contributed by atoms with E-state index in [1.165, 1.54) is 0 Å². The number of rotatable bonds is 7. The molecule has 1 aromatic rings. The summed E-state index contributed by atoms with van der Waals surface area (Å²) < 4.78 is 0. The molecule has 0 spiro atoms. The standard InChI is InChI=1S/C15H24N2O/c1-5-8-17(10-9-16(3)4)15-7-6-13(2)11-14(15)12-18/h6-7,11-12H,5,8-10H2,1-4H3. The molecular formula is C15H24N2O. The molecule has 0 unspecified atom stereocenters. The SMILES string of the molecule is CCCN(CCN(C)C)c1ccc(C)cc1C=O. The minimum absolute atomic E-state index is 0.794. The van der Waals surface area contributed by atoms with Gasteiger partial charge in [0.15, 0.2) is 6.29 Å². The van der Waals surface area contributed by atoms with E-state index in [2.05, 4.69) is 43.0 Å². The molecule has 0 bridgehead atoms. The number of hydrogen-bond donors (Lipinski definition) is 0. The Kier molecular flexibility index (Phi) is 5.86. The highest BCUT2D eigenvalue weighted by Gasteiger charge is 2.10. The fourth-order valence-corrected chi connectivity index (χ4v) is 2.00. The van der Waals surface area contributed by atoms with Gasteiger partial charge in [-0.2, -0.15) is 0 Å². The van der Waals surface area contributed by atoms with Crippen molar-refractivity contribution in [2.45, 2.75) is 20.3 Å². The summed E-state index contributed by atoms with van der Waals surface area (Å²) in [4.78, 5) is 15.6. The molecule has 0 atom stereocenters. The van der Waals surface area contributed by atoms with E-state index in [-0.39, 0.29) is 0 Å². The topological polar surface area (TPSA) is 23.6 Å². The van der Waals surface area contributed by atoms with E-state index in [1.54, 1.807) is 0 Å². The van der Waals surface area contributed by atoms with Crippen molar-refractivity contribution in [3.05, 3.63) is 29.3 Å². The fourth-order valence-electron chi connectivity index (χ4n) is 2.00. The molecular weight excluding hydrogens is 224 g/mol. The normalized spacial score (nSPS) is 10.7. The van der Waals surface area contributed by atoms with Gasteiger partial charge in [-0.05, 0) is 39.6 Å². The molecule has 0 amide bonds. The molecule has 1 rings (SSSR count). The van der Waals surface area contributed by atoms with Gasteiger partial charge in [-0.1, -0.05) is 18.6 Å². The van der Waals surface area contributed by atoms with E-state index in [9.17, 15) is 4.79 Å². The maximum absolute atomic E-state index is 11.2. The first-order chi connectivity index (χ1) is 8.58. The number of carbonyl (C=O) groups excluding carboxylic acids is 1. The third-order valence-electron chi connectivity index (χ3n) is 2.96. The lowest BCUT2D eigenvalue weighted by Crippen LogP contribution is -2.33. The van der Waals surface area contributed by atoms with Crippen molar-refractivity contribution >= 4 is 12.0 Å². The molecule has 0 aromatic heterocycles. The van der Waals surface area contributed by atoms with Gasteiger partial charge in [0.25, 0.3) is 0 Å². The van der Waals surface area contributed by atoms with Gasteiger partial charge in [0.05, 0.1) is 0 Å². The Bertz CT molecular complexity index is 388. The van der Waals surface area contributed by atoms with Crippen LogP contribution in [0.3, 0.4) is 0 Å². The third kappa shape index (κ3) is 4.15. The van der Waals surface area contributed by atoms with Crippen LogP contribution in [0.4, 0.5) is 5.69 Å². The molecule has 3 heteroatoms. The highest BCUT2D eigenvalue weighted by atomic mass is 16.1. The van der Waals surface area contributed by atoms with Gasteiger partial charge in [0.2, 0.25) is 0 Å². The van der Waals surface area contributed by atoms with Gasteiger partial charge in [0.1, 0.15) is 0 Å². The first kappa shape index (κ1) is 14.7. The molecule has 0 saturated carbocycles. The number of benzene rings is 1. The van der Waals surface area contributed by atoms with E-state index in [4.69, 9.17) is 0 Å². The number of nitrogens with zero attached hydrogens (tertiary/aromatic N) is 2. The van der Waals surface area contributed by atoms with Gasteiger partial charge < -0.3 is 9.80 Å². The molecule has 0 N–H and O–H groups in total. The van der Waals surface area contributed by atoms with Crippen LogP contribution >= 0.6 is 0 Å². The second-order valence-electron chi connectivity index (χ2n) is 4.97. The maximum atomic E-state index is 11.2. The Hall–Kier alpha value is -1.35.